The van der Waals surface area contributed by atoms with Crippen LogP contribution in [0.4, 0.5) is 4.39 Å². The lowest BCUT2D eigenvalue weighted by Gasteiger charge is -2.40. The monoisotopic (exact) mass is 479 g/mol. The van der Waals surface area contributed by atoms with Gasteiger partial charge in [-0.25, -0.2) is 4.39 Å². The molecule has 0 aliphatic carbocycles. The Morgan fingerprint density at radius 3 is 2.54 bits per heavy atom. The number of carbonyl (C=O) groups excluding carboxylic acids is 3. The maximum atomic E-state index is 13.1. The molecule has 1 aliphatic rings. The predicted molar refractivity (Wildman–Crippen MR) is 125 cm³/mol. The molecule has 0 bridgehead atoms. The minimum absolute atomic E-state index is 0.0691. The fourth-order valence-electron chi connectivity index (χ4n) is 3.93. The van der Waals surface area contributed by atoms with Crippen molar-refractivity contribution in [2.75, 3.05) is 14.2 Å². The van der Waals surface area contributed by atoms with Gasteiger partial charge in [0.1, 0.15) is 22.8 Å². The first-order valence-corrected chi connectivity index (χ1v) is 11.0. The van der Waals surface area contributed by atoms with Crippen LogP contribution in [0.5, 0.6) is 5.75 Å². The summed E-state index contributed by atoms with van der Waals surface area (Å²) in [6.45, 7) is 2.11. The molecule has 0 fully saturated rings. The lowest BCUT2D eigenvalue weighted by atomic mass is 9.96. The second-order valence-corrected chi connectivity index (χ2v) is 8.51. The van der Waals surface area contributed by atoms with Crippen molar-refractivity contribution in [2.24, 2.45) is 0 Å². The number of para-hydroxylation sites is 1. The summed E-state index contributed by atoms with van der Waals surface area (Å²) in [6.07, 6.45) is 0. The van der Waals surface area contributed by atoms with E-state index in [0.29, 0.717) is 5.75 Å². The first-order chi connectivity index (χ1) is 16.7. The molecule has 2 N–H and O–H groups in total. The summed E-state index contributed by atoms with van der Waals surface area (Å²) in [4.78, 5) is 40.2. The normalized spacial score (nSPS) is 17.0. The second kappa shape index (κ2) is 9.57. The van der Waals surface area contributed by atoms with Crippen LogP contribution < -0.4 is 15.4 Å². The summed E-state index contributed by atoms with van der Waals surface area (Å²) in [5, 5.41) is 9.89. The van der Waals surface area contributed by atoms with Crippen molar-refractivity contribution in [1.29, 1.82) is 0 Å². The molecule has 1 aromatic heterocycles. The Labute approximate surface area is 201 Å². The number of benzene rings is 2. The van der Waals surface area contributed by atoms with Crippen LogP contribution in [0.1, 0.15) is 39.0 Å². The number of nitrogens with zero attached hydrogens (tertiary/aromatic N) is 3. The van der Waals surface area contributed by atoms with Gasteiger partial charge in [0.05, 0.1) is 13.7 Å². The average Bonchev–Trinajstić information content (AvgIpc) is 3.29. The van der Waals surface area contributed by atoms with Gasteiger partial charge < -0.3 is 20.3 Å². The topological polar surface area (TPSA) is 106 Å². The molecule has 9 nitrogen and oxygen atoms in total. The maximum Gasteiger partial charge on any atom is 0.272 e. The molecule has 2 aromatic carbocycles. The van der Waals surface area contributed by atoms with E-state index in [0.717, 1.165) is 11.1 Å². The number of ether oxygens (including phenoxy) is 1. The number of nitrogens with one attached hydrogen (secondary N) is 2. The Balaban J connectivity index is 1.47. The SMILES string of the molecule is COc1ccccc1CNC(=O)c1cc2n(n1)C[C@@](C)(C(=O)NCc1ccc(F)cc1)N(C)C2=O. The smallest absolute Gasteiger partial charge is 0.272 e. The lowest BCUT2D eigenvalue weighted by Crippen LogP contribution is -2.62. The highest BCUT2D eigenvalue weighted by molar-refractivity contribution is 6.01. The second-order valence-electron chi connectivity index (χ2n) is 8.51. The number of halogens is 1. The predicted octanol–water partition coefficient (Wildman–Crippen LogP) is 2.12. The van der Waals surface area contributed by atoms with Gasteiger partial charge in [-0.2, -0.15) is 5.10 Å². The molecule has 10 heteroatoms. The number of fused-ring (bicyclic) bond motifs is 1. The van der Waals surface area contributed by atoms with Crippen LogP contribution in [-0.4, -0.2) is 52.1 Å². The van der Waals surface area contributed by atoms with E-state index in [1.165, 1.54) is 34.8 Å². The van der Waals surface area contributed by atoms with Gasteiger partial charge in [0.2, 0.25) is 5.91 Å². The molecular weight excluding hydrogens is 453 g/mol. The molecule has 0 unspecified atom stereocenters. The molecule has 1 aliphatic heterocycles. The summed E-state index contributed by atoms with van der Waals surface area (Å²) in [5.74, 6) is -0.974. The van der Waals surface area contributed by atoms with Gasteiger partial charge >= 0.3 is 0 Å². The zero-order valence-electron chi connectivity index (χ0n) is 19.7. The highest BCUT2D eigenvalue weighted by atomic mass is 19.1. The van der Waals surface area contributed by atoms with Gasteiger partial charge in [0, 0.05) is 31.8 Å². The molecule has 182 valence electrons. The van der Waals surface area contributed by atoms with Crippen molar-refractivity contribution in [3.8, 4) is 5.75 Å². The van der Waals surface area contributed by atoms with Crippen LogP contribution in [0.3, 0.4) is 0 Å². The van der Waals surface area contributed by atoms with Gasteiger partial charge in [-0.05, 0) is 30.7 Å². The summed E-state index contributed by atoms with van der Waals surface area (Å²) in [6, 6.07) is 14.5. The fraction of sp³-hybridized carbons (Fsp3) is 0.280. The summed E-state index contributed by atoms with van der Waals surface area (Å²) < 4.78 is 19.8. The number of methoxy groups -OCH3 is 1. The fourth-order valence-corrected chi connectivity index (χ4v) is 3.93. The number of hydrogen-bond acceptors (Lipinski definition) is 5. The number of carbonyl (C=O) groups is 3. The Kier molecular flexibility index (Phi) is 6.54. The van der Waals surface area contributed by atoms with E-state index in [-0.39, 0.29) is 42.7 Å². The van der Waals surface area contributed by atoms with Gasteiger partial charge in [0.25, 0.3) is 11.8 Å². The molecule has 1 atom stereocenters. The summed E-state index contributed by atoms with van der Waals surface area (Å²) in [5.41, 5.74) is 0.586. The van der Waals surface area contributed by atoms with E-state index in [1.54, 1.807) is 32.2 Å². The Morgan fingerprint density at radius 1 is 1.11 bits per heavy atom. The maximum absolute atomic E-state index is 13.1. The number of likely N-dealkylation sites (N-methyl/N-ethyl adjacent to an activating group) is 1. The van der Waals surface area contributed by atoms with Crippen molar-refractivity contribution >= 4 is 17.7 Å². The van der Waals surface area contributed by atoms with Gasteiger partial charge in [-0.1, -0.05) is 30.3 Å². The van der Waals surface area contributed by atoms with E-state index in [4.69, 9.17) is 4.74 Å². The van der Waals surface area contributed by atoms with E-state index >= 15 is 0 Å². The molecule has 35 heavy (non-hydrogen) atoms. The number of aromatic nitrogens is 2. The van der Waals surface area contributed by atoms with Crippen LogP contribution in [0.2, 0.25) is 0 Å². The van der Waals surface area contributed by atoms with Crippen molar-refractivity contribution in [3.05, 3.63) is 82.9 Å². The molecule has 0 saturated carbocycles. The van der Waals surface area contributed by atoms with Crippen LogP contribution in [0.15, 0.2) is 54.6 Å². The zero-order chi connectivity index (χ0) is 25.2. The van der Waals surface area contributed by atoms with E-state index in [1.807, 2.05) is 18.2 Å². The standard InChI is InChI=1S/C25H26FN5O4/c1-25(24(34)28-13-16-8-10-18(26)11-9-16)15-31-20(23(33)30(25)2)12-19(29-31)22(32)27-14-17-6-4-5-7-21(17)35-3/h4-12H,13-15H2,1-3H3,(H,27,32)(H,28,34)/t25-/m0/s1. The minimum Gasteiger partial charge on any atom is -0.496 e. The molecule has 0 radical (unpaired) electrons. The Hall–Kier alpha value is -4.21. The zero-order valence-corrected chi connectivity index (χ0v) is 19.7. The first kappa shape index (κ1) is 23.9. The van der Waals surface area contributed by atoms with Crippen LogP contribution in [-0.2, 0) is 24.4 Å². The summed E-state index contributed by atoms with van der Waals surface area (Å²) >= 11 is 0. The number of rotatable bonds is 7. The third kappa shape index (κ3) is 4.72. The van der Waals surface area contributed by atoms with Crippen LogP contribution in [0.25, 0.3) is 0 Å². The van der Waals surface area contributed by atoms with Crippen molar-refractivity contribution in [3.63, 3.8) is 0 Å². The molecule has 0 spiro atoms. The average molecular weight is 480 g/mol. The molecule has 0 saturated heterocycles. The number of amides is 3. The molecule has 3 aromatic rings. The summed E-state index contributed by atoms with van der Waals surface area (Å²) in [7, 11) is 3.09. The van der Waals surface area contributed by atoms with Crippen molar-refractivity contribution in [2.45, 2.75) is 32.1 Å². The molecule has 2 heterocycles. The lowest BCUT2D eigenvalue weighted by molar-refractivity contribution is -0.132. The third-order valence-corrected chi connectivity index (χ3v) is 6.22. The number of hydrogen-bond donors (Lipinski definition) is 2. The minimum atomic E-state index is -1.23. The van der Waals surface area contributed by atoms with E-state index in [2.05, 4.69) is 15.7 Å². The van der Waals surface area contributed by atoms with Crippen LogP contribution >= 0.6 is 0 Å². The van der Waals surface area contributed by atoms with Gasteiger partial charge in [-0.15, -0.1) is 0 Å². The molecule has 3 amide bonds. The molecule has 4 rings (SSSR count). The van der Waals surface area contributed by atoms with Crippen LogP contribution in [0, 0.1) is 5.82 Å². The first-order valence-electron chi connectivity index (χ1n) is 11.0. The quantitative estimate of drug-likeness (QED) is 0.540. The van der Waals surface area contributed by atoms with Gasteiger partial charge in [-0.3, -0.25) is 19.1 Å². The van der Waals surface area contributed by atoms with Gasteiger partial charge in [0.15, 0.2) is 5.69 Å². The highest BCUT2D eigenvalue weighted by Crippen LogP contribution is 2.26. The van der Waals surface area contributed by atoms with Crippen molar-refractivity contribution in [1.82, 2.24) is 25.3 Å². The van der Waals surface area contributed by atoms with E-state index in [9.17, 15) is 18.8 Å². The van der Waals surface area contributed by atoms with E-state index < -0.39 is 17.4 Å². The highest BCUT2D eigenvalue weighted by Gasteiger charge is 2.46. The Bertz CT molecular complexity index is 1270. The molecular formula is C25H26FN5O4. The third-order valence-electron chi connectivity index (χ3n) is 6.22. The largest absolute Gasteiger partial charge is 0.496 e. The Morgan fingerprint density at radius 2 is 1.83 bits per heavy atom. The van der Waals surface area contributed by atoms with Crippen molar-refractivity contribution < 1.29 is 23.5 Å².